The number of ether oxygens (including phenoxy) is 2. The van der Waals surface area contributed by atoms with E-state index in [1.165, 1.54) is 0 Å². The van der Waals surface area contributed by atoms with Crippen LogP contribution in [0, 0.1) is 5.92 Å². The fourth-order valence-electron chi connectivity index (χ4n) is 1.98. The first-order valence-electron chi connectivity index (χ1n) is 6.31. The molecule has 2 rings (SSSR count). The van der Waals surface area contributed by atoms with Crippen molar-refractivity contribution in [1.82, 2.24) is 0 Å². The fraction of sp³-hybridized carbons (Fsp3) is 0.500. The molecule has 0 amide bonds. The first-order chi connectivity index (χ1) is 8.69. The van der Waals surface area contributed by atoms with E-state index in [0.29, 0.717) is 13.2 Å². The third kappa shape index (κ3) is 3.23. The van der Waals surface area contributed by atoms with Gasteiger partial charge in [-0.25, -0.2) is 0 Å². The van der Waals surface area contributed by atoms with Crippen LogP contribution in [-0.4, -0.2) is 18.7 Å². The average molecular weight is 249 g/mol. The topological polar surface area (TPSA) is 61.5 Å². The number of anilines is 1. The number of benzene rings is 1. The van der Waals surface area contributed by atoms with Gasteiger partial charge in [0.1, 0.15) is 0 Å². The minimum atomic E-state index is -0.0927. The van der Waals surface area contributed by atoms with Crippen LogP contribution in [0.2, 0.25) is 0 Å². The highest BCUT2D eigenvalue weighted by atomic mass is 16.5. The number of hydrogen-bond donors (Lipinski definition) is 1. The van der Waals surface area contributed by atoms with Gasteiger partial charge in [-0.1, -0.05) is 12.1 Å². The molecule has 0 radical (unpaired) electrons. The molecule has 0 unspecified atom stereocenters. The summed E-state index contributed by atoms with van der Waals surface area (Å²) in [5.41, 5.74) is 7.46. The van der Waals surface area contributed by atoms with Crippen molar-refractivity contribution in [2.75, 3.05) is 12.3 Å². The Bertz CT molecular complexity index is 396. The fourth-order valence-corrected chi connectivity index (χ4v) is 1.98. The lowest BCUT2D eigenvalue weighted by atomic mass is 9.82. The predicted molar refractivity (Wildman–Crippen MR) is 68.8 cm³/mol. The number of esters is 1. The van der Waals surface area contributed by atoms with Crippen LogP contribution in [0.15, 0.2) is 24.3 Å². The van der Waals surface area contributed by atoms with Gasteiger partial charge in [0.15, 0.2) is 0 Å². The van der Waals surface area contributed by atoms with Gasteiger partial charge in [-0.3, -0.25) is 4.79 Å². The van der Waals surface area contributed by atoms with E-state index in [-0.39, 0.29) is 18.0 Å². The summed E-state index contributed by atoms with van der Waals surface area (Å²) in [5.74, 6) is -0.0637. The van der Waals surface area contributed by atoms with E-state index in [0.717, 1.165) is 24.1 Å². The molecule has 0 aliphatic heterocycles. The number of carbonyl (C=O) groups is 1. The second-order valence-corrected chi connectivity index (χ2v) is 4.59. The highest BCUT2D eigenvalue weighted by Gasteiger charge is 2.36. The van der Waals surface area contributed by atoms with Crippen LogP contribution >= 0.6 is 0 Å². The molecule has 1 saturated carbocycles. The molecule has 0 saturated heterocycles. The summed E-state index contributed by atoms with van der Waals surface area (Å²) in [6.45, 7) is 2.85. The molecule has 1 fully saturated rings. The van der Waals surface area contributed by atoms with Crippen molar-refractivity contribution in [3.63, 3.8) is 0 Å². The van der Waals surface area contributed by atoms with E-state index in [9.17, 15) is 4.79 Å². The van der Waals surface area contributed by atoms with E-state index < -0.39 is 0 Å². The molecule has 1 aromatic carbocycles. The number of carbonyl (C=O) groups excluding carboxylic acids is 1. The lowest BCUT2D eigenvalue weighted by Gasteiger charge is -2.33. The van der Waals surface area contributed by atoms with Gasteiger partial charge in [0.2, 0.25) is 0 Å². The number of nitrogen functional groups attached to an aromatic ring is 1. The summed E-state index contributed by atoms with van der Waals surface area (Å²) in [4.78, 5) is 11.4. The zero-order valence-electron chi connectivity index (χ0n) is 10.6. The van der Waals surface area contributed by atoms with Crippen molar-refractivity contribution in [3.8, 4) is 0 Å². The van der Waals surface area contributed by atoms with Crippen LogP contribution in [0.25, 0.3) is 0 Å². The molecule has 1 aliphatic rings. The van der Waals surface area contributed by atoms with Gasteiger partial charge in [0.05, 0.1) is 25.2 Å². The minimum absolute atomic E-state index is 0.0290. The Balaban J connectivity index is 1.68. The van der Waals surface area contributed by atoms with E-state index >= 15 is 0 Å². The Morgan fingerprint density at radius 1 is 1.33 bits per heavy atom. The zero-order chi connectivity index (χ0) is 13.0. The SMILES string of the molecule is CCOC(=O)[C@H]1C[C@@H](OCc2ccc(N)cc2)C1. The number of hydrogen-bond acceptors (Lipinski definition) is 4. The first kappa shape index (κ1) is 12.9. The molecular weight excluding hydrogens is 230 g/mol. The van der Waals surface area contributed by atoms with E-state index in [2.05, 4.69) is 0 Å². The monoisotopic (exact) mass is 249 g/mol. The summed E-state index contributed by atoms with van der Waals surface area (Å²) in [6, 6.07) is 7.63. The lowest BCUT2D eigenvalue weighted by molar-refractivity contribution is -0.157. The molecular formula is C14H19NO3. The molecule has 0 heterocycles. The molecule has 0 atom stereocenters. The number of nitrogens with two attached hydrogens (primary N) is 1. The molecule has 4 nitrogen and oxygen atoms in total. The molecule has 2 N–H and O–H groups in total. The predicted octanol–water partition coefficient (Wildman–Crippen LogP) is 2.13. The maximum Gasteiger partial charge on any atom is 0.309 e. The summed E-state index contributed by atoms with van der Waals surface area (Å²) in [7, 11) is 0. The highest BCUT2D eigenvalue weighted by Crippen LogP contribution is 2.31. The number of rotatable bonds is 5. The third-order valence-electron chi connectivity index (χ3n) is 3.18. The van der Waals surface area contributed by atoms with Gasteiger partial charge in [-0.2, -0.15) is 0 Å². The average Bonchev–Trinajstić information content (AvgIpc) is 2.30. The van der Waals surface area contributed by atoms with Crippen molar-refractivity contribution < 1.29 is 14.3 Å². The smallest absolute Gasteiger partial charge is 0.309 e. The maximum absolute atomic E-state index is 11.4. The molecule has 0 bridgehead atoms. The Labute approximate surface area is 107 Å². The highest BCUT2D eigenvalue weighted by molar-refractivity contribution is 5.73. The van der Waals surface area contributed by atoms with Gasteiger partial charge in [0, 0.05) is 5.69 Å². The summed E-state index contributed by atoms with van der Waals surface area (Å²) < 4.78 is 10.7. The van der Waals surface area contributed by atoms with Gasteiger partial charge in [0.25, 0.3) is 0 Å². The van der Waals surface area contributed by atoms with Crippen LogP contribution in [-0.2, 0) is 20.9 Å². The van der Waals surface area contributed by atoms with Crippen molar-refractivity contribution in [1.29, 1.82) is 0 Å². The Hall–Kier alpha value is -1.55. The molecule has 0 spiro atoms. The standard InChI is InChI=1S/C14H19NO3/c1-2-17-14(16)11-7-13(8-11)18-9-10-3-5-12(15)6-4-10/h3-6,11,13H,2,7-9,15H2,1H3/t11-,13+. The van der Waals surface area contributed by atoms with Gasteiger partial charge in [-0.05, 0) is 37.5 Å². The second-order valence-electron chi connectivity index (χ2n) is 4.59. The van der Waals surface area contributed by atoms with Crippen LogP contribution in [0.4, 0.5) is 5.69 Å². The molecule has 1 aliphatic carbocycles. The second kappa shape index (κ2) is 5.87. The Morgan fingerprint density at radius 2 is 2.00 bits per heavy atom. The van der Waals surface area contributed by atoms with Crippen LogP contribution in [0.3, 0.4) is 0 Å². The lowest BCUT2D eigenvalue weighted by Crippen LogP contribution is -2.37. The van der Waals surface area contributed by atoms with Gasteiger partial charge < -0.3 is 15.2 Å². The summed E-state index contributed by atoms with van der Waals surface area (Å²) in [5, 5.41) is 0. The van der Waals surface area contributed by atoms with E-state index in [1.807, 2.05) is 31.2 Å². The van der Waals surface area contributed by atoms with Crippen molar-refractivity contribution in [2.24, 2.45) is 5.92 Å². The maximum atomic E-state index is 11.4. The Kier molecular flexibility index (Phi) is 4.20. The zero-order valence-corrected chi connectivity index (χ0v) is 10.6. The van der Waals surface area contributed by atoms with Gasteiger partial charge in [-0.15, -0.1) is 0 Å². The molecule has 1 aromatic rings. The van der Waals surface area contributed by atoms with Crippen molar-refractivity contribution in [2.45, 2.75) is 32.5 Å². The van der Waals surface area contributed by atoms with Crippen molar-refractivity contribution >= 4 is 11.7 Å². The van der Waals surface area contributed by atoms with E-state index in [1.54, 1.807) is 0 Å². The molecule has 4 heteroatoms. The van der Waals surface area contributed by atoms with E-state index in [4.69, 9.17) is 15.2 Å². The molecule has 98 valence electrons. The van der Waals surface area contributed by atoms with Crippen LogP contribution in [0.1, 0.15) is 25.3 Å². The van der Waals surface area contributed by atoms with Gasteiger partial charge >= 0.3 is 5.97 Å². The minimum Gasteiger partial charge on any atom is -0.466 e. The van der Waals surface area contributed by atoms with Crippen LogP contribution < -0.4 is 5.73 Å². The third-order valence-corrected chi connectivity index (χ3v) is 3.18. The Morgan fingerprint density at radius 3 is 2.61 bits per heavy atom. The van der Waals surface area contributed by atoms with Crippen molar-refractivity contribution in [3.05, 3.63) is 29.8 Å². The van der Waals surface area contributed by atoms with Crippen LogP contribution in [0.5, 0.6) is 0 Å². The quantitative estimate of drug-likeness (QED) is 0.641. The molecule has 18 heavy (non-hydrogen) atoms. The summed E-state index contributed by atoms with van der Waals surface area (Å²) >= 11 is 0. The largest absolute Gasteiger partial charge is 0.466 e. The molecule has 0 aromatic heterocycles. The normalized spacial score (nSPS) is 22.3. The first-order valence-corrected chi connectivity index (χ1v) is 6.31. The summed E-state index contributed by atoms with van der Waals surface area (Å²) in [6.07, 6.45) is 1.72.